The molecule has 1 heterocycles. The highest BCUT2D eigenvalue weighted by Gasteiger charge is 2.25. The molecule has 0 amide bonds. The molecule has 84 valence electrons. The van der Waals surface area contributed by atoms with E-state index in [0.717, 1.165) is 33.0 Å². The second-order valence-corrected chi connectivity index (χ2v) is 4.31. The topological polar surface area (TPSA) is 18.5 Å². The summed E-state index contributed by atoms with van der Waals surface area (Å²) >= 11 is 0. The fraction of sp³-hybridized carbons (Fsp3) is 1.00. The van der Waals surface area contributed by atoms with Crippen molar-refractivity contribution in [2.24, 2.45) is 0 Å². The van der Waals surface area contributed by atoms with Crippen molar-refractivity contribution in [3.05, 3.63) is 0 Å². The third-order valence-electron chi connectivity index (χ3n) is 3.00. The van der Waals surface area contributed by atoms with Crippen molar-refractivity contribution in [1.29, 1.82) is 0 Å². The lowest BCUT2D eigenvalue weighted by atomic mass is 10.4. The molecule has 0 N–H and O–H groups in total. The highest BCUT2D eigenvalue weighted by molar-refractivity contribution is 4.51. The highest BCUT2D eigenvalue weighted by atomic mass is 16.5. The lowest BCUT2D eigenvalue weighted by molar-refractivity contribution is -0.898. The van der Waals surface area contributed by atoms with Gasteiger partial charge in [0.2, 0.25) is 0 Å². The number of nitrogens with zero attached hydrogens (tertiary/aromatic N) is 1. The Bertz CT molecular complexity index is 144. The van der Waals surface area contributed by atoms with Crippen molar-refractivity contribution < 1.29 is 14.0 Å². The fourth-order valence-electron chi connectivity index (χ4n) is 1.97. The molecule has 1 aliphatic heterocycles. The minimum Gasteiger partial charge on any atom is -0.379 e. The first-order valence-corrected chi connectivity index (χ1v) is 5.76. The standard InChI is InChI=1S/C11H24NO2/c1-3-13-10-11-14-9-8-12(2)6-4-5-7-12/h3-11H2,1-2H3/q+1. The molecular formula is C11H24NO2+. The summed E-state index contributed by atoms with van der Waals surface area (Å²) in [6.45, 7) is 8.97. The monoisotopic (exact) mass is 202 g/mol. The number of hydrogen-bond donors (Lipinski definition) is 0. The largest absolute Gasteiger partial charge is 0.379 e. The van der Waals surface area contributed by atoms with Crippen molar-refractivity contribution >= 4 is 0 Å². The van der Waals surface area contributed by atoms with Crippen LogP contribution in [0.25, 0.3) is 0 Å². The van der Waals surface area contributed by atoms with E-state index >= 15 is 0 Å². The minimum atomic E-state index is 0.736. The zero-order chi connectivity index (χ0) is 10.3. The van der Waals surface area contributed by atoms with Crippen LogP contribution in [0.4, 0.5) is 0 Å². The van der Waals surface area contributed by atoms with Gasteiger partial charge >= 0.3 is 0 Å². The predicted molar refractivity (Wildman–Crippen MR) is 57.3 cm³/mol. The Kier molecular flexibility index (Phi) is 5.45. The Morgan fingerprint density at radius 2 is 1.64 bits per heavy atom. The van der Waals surface area contributed by atoms with Crippen molar-refractivity contribution in [2.75, 3.05) is 53.1 Å². The molecule has 14 heavy (non-hydrogen) atoms. The van der Waals surface area contributed by atoms with Gasteiger partial charge in [-0.1, -0.05) is 0 Å². The average Bonchev–Trinajstić information content (AvgIpc) is 2.59. The zero-order valence-corrected chi connectivity index (χ0v) is 9.63. The molecular weight excluding hydrogens is 178 g/mol. The maximum absolute atomic E-state index is 5.52. The summed E-state index contributed by atoms with van der Waals surface area (Å²) in [5.74, 6) is 0. The van der Waals surface area contributed by atoms with Crippen molar-refractivity contribution in [3.8, 4) is 0 Å². The Morgan fingerprint density at radius 3 is 2.29 bits per heavy atom. The molecule has 1 saturated heterocycles. The molecule has 1 rings (SSSR count). The van der Waals surface area contributed by atoms with E-state index in [1.807, 2.05) is 6.92 Å². The van der Waals surface area contributed by atoms with Gasteiger partial charge in [0, 0.05) is 19.4 Å². The third-order valence-corrected chi connectivity index (χ3v) is 3.00. The van der Waals surface area contributed by atoms with E-state index in [9.17, 15) is 0 Å². The second kappa shape index (κ2) is 6.38. The smallest absolute Gasteiger partial charge is 0.102 e. The SMILES string of the molecule is CCOCCOCC[N+]1(C)CCCC1. The van der Waals surface area contributed by atoms with Crippen LogP contribution in [-0.4, -0.2) is 57.6 Å². The van der Waals surface area contributed by atoms with E-state index in [1.54, 1.807) is 0 Å². The third kappa shape index (κ3) is 4.40. The van der Waals surface area contributed by atoms with Crippen molar-refractivity contribution in [1.82, 2.24) is 0 Å². The summed E-state index contributed by atoms with van der Waals surface area (Å²) < 4.78 is 11.9. The van der Waals surface area contributed by atoms with Crippen LogP contribution in [0.3, 0.4) is 0 Å². The molecule has 0 bridgehead atoms. The summed E-state index contributed by atoms with van der Waals surface area (Å²) in [6.07, 6.45) is 2.77. The molecule has 0 unspecified atom stereocenters. The average molecular weight is 202 g/mol. The van der Waals surface area contributed by atoms with Crippen LogP contribution in [0, 0.1) is 0 Å². The van der Waals surface area contributed by atoms with Gasteiger partial charge in [0.15, 0.2) is 0 Å². The van der Waals surface area contributed by atoms with Crippen LogP contribution in [0.5, 0.6) is 0 Å². The molecule has 3 nitrogen and oxygen atoms in total. The number of ether oxygens (including phenoxy) is 2. The van der Waals surface area contributed by atoms with Gasteiger partial charge in [0.1, 0.15) is 6.54 Å². The van der Waals surface area contributed by atoms with E-state index in [2.05, 4.69) is 7.05 Å². The number of likely N-dealkylation sites (tertiary alicyclic amines) is 1. The van der Waals surface area contributed by atoms with Crippen molar-refractivity contribution in [2.45, 2.75) is 19.8 Å². The lowest BCUT2D eigenvalue weighted by Gasteiger charge is -2.28. The summed E-state index contributed by atoms with van der Waals surface area (Å²) in [5.41, 5.74) is 0. The fourth-order valence-corrected chi connectivity index (χ4v) is 1.97. The Balaban J connectivity index is 1.92. The lowest BCUT2D eigenvalue weighted by Crippen LogP contribution is -2.43. The minimum absolute atomic E-state index is 0.736. The molecule has 3 heteroatoms. The number of likely N-dealkylation sites (N-methyl/N-ethyl adjacent to an activating group) is 1. The van der Waals surface area contributed by atoms with E-state index in [0.29, 0.717) is 0 Å². The van der Waals surface area contributed by atoms with Crippen LogP contribution in [-0.2, 0) is 9.47 Å². The van der Waals surface area contributed by atoms with Gasteiger partial charge in [0.05, 0.1) is 40.0 Å². The van der Waals surface area contributed by atoms with Gasteiger partial charge in [-0.25, -0.2) is 0 Å². The van der Waals surface area contributed by atoms with Crippen LogP contribution in [0.1, 0.15) is 19.8 Å². The first kappa shape index (κ1) is 12.0. The van der Waals surface area contributed by atoms with Gasteiger partial charge in [-0.15, -0.1) is 0 Å². The number of rotatable bonds is 7. The molecule has 0 saturated carbocycles. The molecule has 0 spiro atoms. The van der Waals surface area contributed by atoms with Crippen molar-refractivity contribution in [3.63, 3.8) is 0 Å². The van der Waals surface area contributed by atoms with Crippen LogP contribution >= 0.6 is 0 Å². The summed E-state index contributed by atoms with van der Waals surface area (Å²) in [7, 11) is 2.33. The molecule has 0 aromatic carbocycles. The Hall–Kier alpha value is -0.120. The Labute approximate surface area is 87.6 Å². The van der Waals surface area contributed by atoms with Gasteiger partial charge in [-0.3, -0.25) is 0 Å². The van der Waals surface area contributed by atoms with E-state index in [1.165, 1.54) is 30.4 Å². The number of hydrogen-bond acceptors (Lipinski definition) is 2. The first-order chi connectivity index (χ1) is 6.77. The molecule has 1 aliphatic rings. The maximum atomic E-state index is 5.52. The normalized spacial score (nSPS) is 20.1. The highest BCUT2D eigenvalue weighted by Crippen LogP contribution is 2.15. The van der Waals surface area contributed by atoms with E-state index in [4.69, 9.17) is 9.47 Å². The molecule has 0 aromatic heterocycles. The van der Waals surface area contributed by atoms with Crippen LogP contribution in [0.2, 0.25) is 0 Å². The molecule has 0 radical (unpaired) electrons. The van der Waals surface area contributed by atoms with Gasteiger partial charge in [0.25, 0.3) is 0 Å². The first-order valence-electron chi connectivity index (χ1n) is 5.76. The molecule has 1 fully saturated rings. The van der Waals surface area contributed by atoms with Crippen LogP contribution < -0.4 is 0 Å². The number of quaternary nitrogens is 1. The second-order valence-electron chi connectivity index (χ2n) is 4.31. The van der Waals surface area contributed by atoms with Gasteiger partial charge < -0.3 is 14.0 Å². The molecule has 0 aromatic rings. The van der Waals surface area contributed by atoms with E-state index < -0.39 is 0 Å². The van der Waals surface area contributed by atoms with Gasteiger partial charge in [-0.2, -0.15) is 0 Å². The summed E-state index contributed by atoms with van der Waals surface area (Å²) in [4.78, 5) is 0. The molecule has 0 atom stereocenters. The quantitative estimate of drug-likeness (QED) is 0.457. The maximum Gasteiger partial charge on any atom is 0.102 e. The molecule has 0 aliphatic carbocycles. The zero-order valence-electron chi connectivity index (χ0n) is 9.63. The van der Waals surface area contributed by atoms with Gasteiger partial charge in [-0.05, 0) is 6.92 Å². The summed E-state index contributed by atoms with van der Waals surface area (Å²) in [5, 5.41) is 0. The van der Waals surface area contributed by atoms with Crippen LogP contribution in [0.15, 0.2) is 0 Å². The summed E-state index contributed by atoms with van der Waals surface area (Å²) in [6, 6.07) is 0. The van der Waals surface area contributed by atoms with E-state index in [-0.39, 0.29) is 0 Å². The Morgan fingerprint density at radius 1 is 1.00 bits per heavy atom. The predicted octanol–water partition coefficient (Wildman–Crippen LogP) is 1.28.